The minimum absolute atomic E-state index is 0.0882. The first-order valence-electron chi connectivity index (χ1n) is 6.15. The Kier molecular flexibility index (Phi) is 4.92. The first-order chi connectivity index (χ1) is 8.78. The van der Waals surface area contributed by atoms with E-state index >= 15 is 0 Å². The molecule has 0 aliphatic heterocycles. The number of nitrogens with two attached hydrogens (primary N) is 1. The molecule has 0 aromatic heterocycles. The van der Waals surface area contributed by atoms with Gasteiger partial charge in [0.15, 0.2) is 0 Å². The van der Waals surface area contributed by atoms with Crippen molar-refractivity contribution < 1.29 is 9.53 Å². The first kappa shape index (κ1) is 15.0. The molecule has 0 heterocycles. The molecule has 0 bridgehead atoms. The van der Waals surface area contributed by atoms with E-state index in [0.29, 0.717) is 6.42 Å². The van der Waals surface area contributed by atoms with E-state index in [-0.39, 0.29) is 5.84 Å². The van der Waals surface area contributed by atoms with E-state index in [4.69, 9.17) is 15.9 Å². The number of benzene rings is 1. The van der Waals surface area contributed by atoms with Gasteiger partial charge in [-0.15, -0.1) is 0 Å². The second-order valence-electron chi connectivity index (χ2n) is 5.34. The number of hydrogen-bond acceptors (Lipinski definition) is 3. The number of carbonyl (C=O) groups excluding carboxylic acids is 1. The van der Waals surface area contributed by atoms with Gasteiger partial charge in [0.25, 0.3) is 0 Å². The molecule has 1 amide bonds. The molecule has 0 fully saturated rings. The van der Waals surface area contributed by atoms with Gasteiger partial charge in [0, 0.05) is 0 Å². The quantitative estimate of drug-likeness (QED) is 0.574. The summed E-state index contributed by atoms with van der Waals surface area (Å²) in [6.45, 7) is 5.35. The highest BCUT2D eigenvalue weighted by molar-refractivity contribution is 5.86. The maximum Gasteiger partial charge on any atom is 0.408 e. The molecule has 0 unspecified atom stereocenters. The minimum Gasteiger partial charge on any atom is -0.444 e. The van der Waals surface area contributed by atoms with Gasteiger partial charge in [-0.1, -0.05) is 30.3 Å². The number of hydrogen-bond donors (Lipinski definition) is 3. The molecule has 0 spiro atoms. The van der Waals surface area contributed by atoms with Crippen molar-refractivity contribution >= 4 is 11.9 Å². The summed E-state index contributed by atoms with van der Waals surface area (Å²) in [5.41, 5.74) is 5.94. The highest BCUT2D eigenvalue weighted by Crippen LogP contribution is 2.08. The zero-order valence-electron chi connectivity index (χ0n) is 11.6. The molecule has 1 atom stereocenters. The van der Waals surface area contributed by atoms with Gasteiger partial charge in [0.05, 0.1) is 6.04 Å². The molecule has 0 saturated carbocycles. The van der Waals surface area contributed by atoms with Crippen LogP contribution in [0.1, 0.15) is 26.3 Å². The Morgan fingerprint density at radius 3 is 2.42 bits per heavy atom. The van der Waals surface area contributed by atoms with Gasteiger partial charge in [0.1, 0.15) is 11.4 Å². The second-order valence-corrected chi connectivity index (χ2v) is 5.34. The van der Waals surface area contributed by atoms with Crippen LogP contribution in [0.25, 0.3) is 0 Å². The topological polar surface area (TPSA) is 88.2 Å². The Morgan fingerprint density at radius 1 is 1.37 bits per heavy atom. The van der Waals surface area contributed by atoms with Crippen molar-refractivity contribution in [2.75, 3.05) is 0 Å². The van der Waals surface area contributed by atoms with Crippen molar-refractivity contribution in [2.24, 2.45) is 5.73 Å². The lowest BCUT2D eigenvalue weighted by atomic mass is 10.1. The monoisotopic (exact) mass is 263 g/mol. The average Bonchev–Trinajstić information content (AvgIpc) is 2.26. The largest absolute Gasteiger partial charge is 0.444 e. The Morgan fingerprint density at radius 2 is 1.95 bits per heavy atom. The molecule has 5 heteroatoms. The van der Waals surface area contributed by atoms with Gasteiger partial charge in [-0.3, -0.25) is 5.41 Å². The zero-order chi connectivity index (χ0) is 14.5. The Labute approximate surface area is 113 Å². The van der Waals surface area contributed by atoms with Crippen LogP contribution in [0.15, 0.2) is 30.3 Å². The van der Waals surface area contributed by atoms with E-state index < -0.39 is 17.7 Å². The zero-order valence-corrected chi connectivity index (χ0v) is 11.6. The lowest BCUT2D eigenvalue weighted by Gasteiger charge is -2.23. The van der Waals surface area contributed by atoms with E-state index in [1.165, 1.54) is 0 Å². The maximum atomic E-state index is 11.7. The number of amidine groups is 1. The highest BCUT2D eigenvalue weighted by atomic mass is 16.6. The molecule has 5 nitrogen and oxygen atoms in total. The molecule has 1 rings (SSSR count). The Hall–Kier alpha value is -2.04. The molecule has 19 heavy (non-hydrogen) atoms. The number of ether oxygens (including phenoxy) is 1. The van der Waals surface area contributed by atoms with Crippen LogP contribution in [0.3, 0.4) is 0 Å². The van der Waals surface area contributed by atoms with E-state index in [0.717, 1.165) is 5.56 Å². The molecule has 0 aliphatic carbocycles. The van der Waals surface area contributed by atoms with Gasteiger partial charge in [0.2, 0.25) is 0 Å². The number of carbonyl (C=O) groups is 1. The smallest absolute Gasteiger partial charge is 0.408 e. The molecular weight excluding hydrogens is 242 g/mol. The van der Waals surface area contributed by atoms with Crippen LogP contribution >= 0.6 is 0 Å². The summed E-state index contributed by atoms with van der Waals surface area (Å²) < 4.78 is 5.15. The molecule has 1 aromatic rings. The normalized spacial score (nSPS) is 12.6. The SMILES string of the molecule is CC(C)(C)OC(=O)N[C@@H](Cc1ccccc1)C(=N)N. The molecule has 0 saturated heterocycles. The van der Waals surface area contributed by atoms with Crippen LogP contribution in [-0.2, 0) is 11.2 Å². The van der Waals surface area contributed by atoms with Crippen LogP contribution in [0.5, 0.6) is 0 Å². The summed E-state index contributed by atoms with van der Waals surface area (Å²) in [6.07, 6.45) is -0.0984. The molecular formula is C14H21N3O2. The predicted molar refractivity (Wildman–Crippen MR) is 75.2 cm³/mol. The number of alkyl carbamates (subject to hydrolysis) is 1. The molecule has 1 aromatic carbocycles. The maximum absolute atomic E-state index is 11.7. The lowest BCUT2D eigenvalue weighted by Crippen LogP contribution is -2.47. The summed E-state index contributed by atoms with van der Waals surface area (Å²) in [5, 5.41) is 10.1. The molecule has 104 valence electrons. The minimum atomic E-state index is -0.571. The Bertz CT molecular complexity index is 438. The average molecular weight is 263 g/mol. The number of rotatable bonds is 4. The molecule has 4 N–H and O–H groups in total. The van der Waals surface area contributed by atoms with Crippen molar-refractivity contribution in [3.8, 4) is 0 Å². The van der Waals surface area contributed by atoms with E-state index in [1.54, 1.807) is 20.8 Å². The van der Waals surface area contributed by atoms with Crippen LogP contribution in [-0.4, -0.2) is 23.6 Å². The second kappa shape index (κ2) is 6.22. The van der Waals surface area contributed by atoms with Gasteiger partial charge in [-0.25, -0.2) is 4.79 Å². The standard InChI is InChI=1S/C14H21N3O2/c1-14(2,3)19-13(18)17-11(12(15)16)9-10-7-5-4-6-8-10/h4-8,11H,9H2,1-3H3,(H3,15,16)(H,17,18)/t11-/m0/s1. The van der Waals surface area contributed by atoms with Crippen LogP contribution in [0, 0.1) is 5.41 Å². The fourth-order valence-corrected chi connectivity index (χ4v) is 1.54. The van der Waals surface area contributed by atoms with E-state index in [1.807, 2.05) is 30.3 Å². The summed E-state index contributed by atoms with van der Waals surface area (Å²) in [4.78, 5) is 11.7. The molecule has 0 aliphatic rings. The van der Waals surface area contributed by atoms with Crippen molar-refractivity contribution in [3.05, 3.63) is 35.9 Å². The Balaban J connectivity index is 2.64. The fourth-order valence-electron chi connectivity index (χ4n) is 1.54. The highest BCUT2D eigenvalue weighted by Gasteiger charge is 2.21. The van der Waals surface area contributed by atoms with Crippen LogP contribution < -0.4 is 11.1 Å². The van der Waals surface area contributed by atoms with Crippen molar-refractivity contribution in [2.45, 2.75) is 38.8 Å². The van der Waals surface area contributed by atoms with E-state index in [2.05, 4.69) is 5.32 Å². The third-order valence-corrected chi connectivity index (χ3v) is 2.35. The van der Waals surface area contributed by atoms with Crippen molar-refractivity contribution in [1.29, 1.82) is 5.41 Å². The van der Waals surface area contributed by atoms with E-state index in [9.17, 15) is 4.79 Å². The van der Waals surface area contributed by atoms with Gasteiger partial charge < -0.3 is 15.8 Å². The summed E-state index contributed by atoms with van der Waals surface area (Å²) in [5.74, 6) is -0.0882. The first-order valence-corrected chi connectivity index (χ1v) is 6.15. The van der Waals surface area contributed by atoms with Gasteiger partial charge >= 0.3 is 6.09 Å². The summed E-state index contributed by atoms with van der Waals surface area (Å²) >= 11 is 0. The van der Waals surface area contributed by atoms with Crippen LogP contribution in [0.2, 0.25) is 0 Å². The van der Waals surface area contributed by atoms with Gasteiger partial charge in [-0.05, 0) is 32.8 Å². The number of amides is 1. The summed E-state index contributed by atoms with van der Waals surface area (Å²) in [6, 6.07) is 9.00. The number of nitrogens with one attached hydrogen (secondary N) is 2. The van der Waals surface area contributed by atoms with Crippen molar-refractivity contribution in [1.82, 2.24) is 5.32 Å². The molecule has 0 radical (unpaired) electrons. The summed E-state index contributed by atoms with van der Waals surface area (Å²) in [7, 11) is 0. The van der Waals surface area contributed by atoms with Gasteiger partial charge in [-0.2, -0.15) is 0 Å². The fraction of sp³-hybridized carbons (Fsp3) is 0.429. The van der Waals surface area contributed by atoms with Crippen LogP contribution in [0.4, 0.5) is 4.79 Å². The lowest BCUT2D eigenvalue weighted by molar-refractivity contribution is 0.0517. The third-order valence-electron chi connectivity index (χ3n) is 2.35. The van der Waals surface area contributed by atoms with Crippen molar-refractivity contribution in [3.63, 3.8) is 0 Å². The third kappa shape index (κ3) is 5.90. The predicted octanol–water partition coefficient (Wildman–Crippen LogP) is 2.06.